The summed E-state index contributed by atoms with van der Waals surface area (Å²) in [7, 11) is 2.92. The van der Waals surface area contributed by atoms with E-state index in [-0.39, 0.29) is 0 Å². The standard InChI is InChI=1S/C20H17N2O3/c1-24-19-11-16(20(23)25-2)7-6-15(19)10-14-5-3-4-13-8-9-17(22-21)12-18(13)14/h3-9,11-12H,10H2,1-2H3/q+1. The molecule has 0 radical (unpaired) electrons. The fraction of sp³-hybridized carbons (Fsp3) is 0.150. The van der Waals surface area contributed by atoms with Gasteiger partial charge < -0.3 is 9.47 Å². The van der Waals surface area contributed by atoms with E-state index < -0.39 is 5.97 Å². The highest BCUT2D eigenvalue weighted by Crippen LogP contribution is 2.29. The molecule has 0 saturated heterocycles. The van der Waals surface area contributed by atoms with Crippen molar-refractivity contribution in [1.29, 1.82) is 5.39 Å². The molecule has 3 aromatic carbocycles. The first-order chi connectivity index (χ1) is 12.2. The van der Waals surface area contributed by atoms with Crippen LogP contribution in [0.1, 0.15) is 21.5 Å². The van der Waals surface area contributed by atoms with Crippen molar-refractivity contribution in [2.75, 3.05) is 14.2 Å². The third-order valence-electron chi connectivity index (χ3n) is 4.16. The van der Waals surface area contributed by atoms with Crippen molar-refractivity contribution in [3.05, 3.63) is 76.3 Å². The molecule has 0 unspecified atom stereocenters. The lowest BCUT2D eigenvalue weighted by atomic mass is 9.97. The number of carbonyl (C=O) groups excluding carboxylic acids is 1. The van der Waals surface area contributed by atoms with Crippen LogP contribution in [0.5, 0.6) is 5.75 Å². The highest BCUT2D eigenvalue weighted by molar-refractivity contribution is 5.90. The Bertz CT molecular complexity index is 990. The highest BCUT2D eigenvalue weighted by Gasteiger charge is 2.13. The van der Waals surface area contributed by atoms with Gasteiger partial charge >= 0.3 is 11.7 Å². The number of ether oxygens (including phenoxy) is 2. The Labute approximate surface area is 145 Å². The van der Waals surface area contributed by atoms with Crippen molar-refractivity contribution in [1.82, 2.24) is 0 Å². The molecular weight excluding hydrogens is 316 g/mol. The summed E-state index contributed by atoms with van der Waals surface area (Å²) in [5.74, 6) is 0.229. The minimum Gasteiger partial charge on any atom is -0.496 e. The summed E-state index contributed by atoms with van der Waals surface area (Å²) in [5, 5.41) is 11.1. The maximum Gasteiger partial charge on any atom is 0.385 e. The summed E-state index contributed by atoms with van der Waals surface area (Å²) in [5.41, 5.74) is 2.98. The minimum absolute atomic E-state index is 0.399. The smallest absolute Gasteiger partial charge is 0.385 e. The average molecular weight is 333 g/mol. The number of fused-ring (bicyclic) bond motifs is 1. The van der Waals surface area contributed by atoms with E-state index in [0.717, 1.165) is 21.9 Å². The second-order valence-corrected chi connectivity index (χ2v) is 5.62. The molecule has 5 heteroatoms. The van der Waals surface area contributed by atoms with Crippen LogP contribution >= 0.6 is 0 Å². The summed E-state index contributed by atoms with van der Waals surface area (Å²) in [6.07, 6.45) is 0.622. The highest BCUT2D eigenvalue weighted by atomic mass is 16.5. The first-order valence-corrected chi connectivity index (χ1v) is 7.78. The Balaban J connectivity index is 2.04. The summed E-state index contributed by atoms with van der Waals surface area (Å²) >= 11 is 0. The fourth-order valence-corrected chi connectivity index (χ4v) is 2.88. The molecule has 0 heterocycles. The molecule has 0 saturated carbocycles. The molecule has 3 rings (SSSR count). The van der Waals surface area contributed by atoms with Gasteiger partial charge in [-0.3, -0.25) is 0 Å². The molecule has 0 aliphatic carbocycles. The van der Waals surface area contributed by atoms with Crippen LogP contribution in [0.2, 0.25) is 0 Å². The van der Waals surface area contributed by atoms with Gasteiger partial charge in [0, 0.05) is 18.6 Å². The Kier molecular flexibility index (Phi) is 4.62. The lowest BCUT2D eigenvalue weighted by Gasteiger charge is -2.11. The number of rotatable bonds is 4. The molecule has 25 heavy (non-hydrogen) atoms. The fourth-order valence-electron chi connectivity index (χ4n) is 2.88. The van der Waals surface area contributed by atoms with Crippen molar-refractivity contribution < 1.29 is 14.3 Å². The second kappa shape index (κ2) is 7.02. The molecule has 0 aliphatic heterocycles. The van der Waals surface area contributed by atoms with E-state index in [1.165, 1.54) is 7.11 Å². The van der Waals surface area contributed by atoms with Crippen molar-refractivity contribution >= 4 is 22.4 Å². The molecule has 0 aliphatic rings. The number of hydrogen-bond donors (Lipinski definition) is 0. The van der Waals surface area contributed by atoms with Crippen LogP contribution in [-0.4, -0.2) is 20.2 Å². The van der Waals surface area contributed by atoms with Gasteiger partial charge in [-0.15, -0.1) is 0 Å². The third-order valence-corrected chi connectivity index (χ3v) is 4.16. The molecule has 0 aromatic heterocycles. The third kappa shape index (κ3) is 3.29. The van der Waals surface area contributed by atoms with Crippen LogP contribution in [0, 0.1) is 5.39 Å². The van der Waals surface area contributed by atoms with Gasteiger partial charge in [-0.2, -0.15) is 0 Å². The van der Waals surface area contributed by atoms with Crippen molar-refractivity contribution in [3.8, 4) is 5.75 Å². The molecule has 0 spiro atoms. The van der Waals surface area contributed by atoms with Crippen molar-refractivity contribution in [3.63, 3.8) is 0 Å². The summed E-state index contributed by atoms with van der Waals surface area (Å²) < 4.78 is 10.2. The van der Waals surface area contributed by atoms with Crippen molar-refractivity contribution in [2.45, 2.75) is 6.42 Å². The quantitative estimate of drug-likeness (QED) is 0.512. The van der Waals surface area contributed by atoms with Crippen LogP contribution in [0.3, 0.4) is 0 Å². The zero-order valence-electron chi connectivity index (χ0n) is 14.0. The van der Waals surface area contributed by atoms with Crippen LogP contribution < -0.4 is 4.74 Å². The van der Waals surface area contributed by atoms with E-state index in [9.17, 15) is 4.79 Å². The van der Waals surface area contributed by atoms with Crippen LogP contribution in [0.4, 0.5) is 5.69 Å². The molecule has 3 aromatic rings. The predicted octanol–water partition coefficient (Wildman–Crippen LogP) is 4.71. The normalized spacial score (nSPS) is 10.3. The van der Waals surface area contributed by atoms with Gasteiger partial charge in [-0.05, 0) is 40.1 Å². The van der Waals surface area contributed by atoms with E-state index in [1.807, 2.05) is 36.4 Å². The first kappa shape index (κ1) is 16.5. The molecule has 5 nitrogen and oxygen atoms in total. The summed E-state index contributed by atoms with van der Waals surface area (Å²) in [6, 6.07) is 16.8. The maximum atomic E-state index is 11.7. The molecule has 0 bridgehead atoms. The van der Waals surface area contributed by atoms with Gasteiger partial charge in [0.2, 0.25) is 5.39 Å². The summed E-state index contributed by atoms with van der Waals surface area (Å²) in [6.45, 7) is 0. The first-order valence-electron chi connectivity index (χ1n) is 7.78. The van der Waals surface area contributed by atoms with Crippen LogP contribution in [-0.2, 0) is 11.2 Å². The van der Waals surface area contributed by atoms with Gasteiger partial charge in [-0.1, -0.05) is 24.3 Å². The number of hydrogen-bond acceptors (Lipinski definition) is 4. The SMILES string of the molecule is COC(=O)c1ccc(Cc2cccc3ccc([N+]#N)cc23)c(OC)c1. The molecule has 0 amide bonds. The van der Waals surface area contributed by atoms with Crippen LogP contribution in [0.15, 0.2) is 54.6 Å². The Morgan fingerprint density at radius 3 is 2.60 bits per heavy atom. The number of nitrogens with zero attached hydrogens (tertiary/aromatic N) is 2. The number of esters is 1. The van der Waals surface area contributed by atoms with E-state index in [0.29, 0.717) is 23.4 Å². The number of diazo groups is 1. The molecule has 124 valence electrons. The zero-order valence-corrected chi connectivity index (χ0v) is 14.0. The monoisotopic (exact) mass is 333 g/mol. The van der Waals surface area contributed by atoms with Gasteiger partial charge in [-0.25, -0.2) is 4.79 Å². The number of carbonyl (C=O) groups is 1. The van der Waals surface area contributed by atoms with E-state index in [4.69, 9.17) is 14.9 Å². The van der Waals surface area contributed by atoms with Crippen LogP contribution in [0.25, 0.3) is 15.7 Å². The molecular formula is C20H17N2O3+. The molecule has 0 atom stereocenters. The molecule has 0 fully saturated rings. The Hall–Kier alpha value is -3.39. The predicted molar refractivity (Wildman–Crippen MR) is 95.8 cm³/mol. The lowest BCUT2D eigenvalue weighted by molar-refractivity contribution is 0.0600. The van der Waals surface area contributed by atoms with E-state index in [2.05, 4.69) is 4.98 Å². The Morgan fingerprint density at radius 1 is 1.04 bits per heavy atom. The molecule has 0 N–H and O–H groups in total. The Morgan fingerprint density at radius 2 is 1.88 bits per heavy atom. The van der Waals surface area contributed by atoms with Gasteiger partial charge in [0.25, 0.3) is 0 Å². The summed E-state index contributed by atoms with van der Waals surface area (Å²) in [4.78, 5) is 15.0. The lowest BCUT2D eigenvalue weighted by Crippen LogP contribution is -2.03. The average Bonchev–Trinajstić information content (AvgIpc) is 2.67. The second-order valence-electron chi connectivity index (χ2n) is 5.62. The number of methoxy groups -OCH3 is 2. The van der Waals surface area contributed by atoms with Gasteiger partial charge in [0.05, 0.1) is 19.8 Å². The van der Waals surface area contributed by atoms with E-state index in [1.54, 1.807) is 25.3 Å². The zero-order chi connectivity index (χ0) is 17.8. The maximum absolute atomic E-state index is 11.7. The topological polar surface area (TPSA) is 63.7 Å². The van der Waals surface area contributed by atoms with Gasteiger partial charge in [0.15, 0.2) is 4.98 Å². The van der Waals surface area contributed by atoms with Gasteiger partial charge in [0.1, 0.15) is 5.75 Å². The minimum atomic E-state index is -0.399. The van der Waals surface area contributed by atoms with Crippen molar-refractivity contribution in [2.24, 2.45) is 0 Å². The van der Waals surface area contributed by atoms with E-state index >= 15 is 0 Å². The number of benzene rings is 3. The largest absolute Gasteiger partial charge is 0.496 e.